The van der Waals surface area contributed by atoms with Gasteiger partial charge in [0.15, 0.2) is 0 Å². The number of aryl methyl sites for hydroxylation is 2. The number of rotatable bonds is 4. The number of aromatic nitrogens is 2. The Hall–Kier alpha value is -0.920. The minimum Gasteiger partial charge on any atom is -0.330 e. The van der Waals surface area contributed by atoms with Crippen LogP contribution in [0.15, 0.2) is 4.90 Å². The van der Waals surface area contributed by atoms with Crippen LogP contribution in [0.4, 0.5) is 0 Å². The van der Waals surface area contributed by atoms with Gasteiger partial charge in [0.25, 0.3) is 0 Å². The van der Waals surface area contributed by atoms with Gasteiger partial charge in [-0.1, -0.05) is 6.42 Å². The highest BCUT2D eigenvalue weighted by molar-refractivity contribution is 7.89. The van der Waals surface area contributed by atoms with E-state index in [1.807, 2.05) is 0 Å². The summed E-state index contributed by atoms with van der Waals surface area (Å²) >= 11 is 0. The normalized spacial score (nSPS) is 21.7. The van der Waals surface area contributed by atoms with E-state index in [1.165, 1.54) is 0 Å². The van der Waals surface area contributed by atoms with E-state index in [4.69, 9.17) is 5.73 Å². The van der Waals surface area contributed by atoms with Crippen LogP contribution in [0.2, 0.25) is 0 Å². The van der Waals surface area contributed by atoms with Gasteiger partial charge in [0, 0.05) is 12.6 Å². The second kappa shape index (κ2) is 5.60. The van der Waals surface area contributed by atoms with Gasteiger partial charge in [-0.25, -0.2) is 8.42 Å². The first-order valence-corrected chi connectivity index (χ1v) is 8.16. The number of hydrogen-bond acceptors (Lipinski definition) is 4. The number of nitrogens with zero attached hydrogens (tertiary/aromatic N) is 2. The van der Waals surface area contributed by atoms with Crippen molar-refractivity contribution in [1.82, 2.24) is 14.5 Å². The minimum atomic E-state index is -3.47. The standard InChI is InChI=1S/C12H22N4O2S/c1-9-12(10(2)15-14-9)19(17,18)16-8-4-3-5-11(16)6-7-13/h11H,3-8,13H2,1-2H3,(H,14,15). The van der Waals surface area contributed by atoms with Crippen molar-refractivity contribution >= 4 is 10.0 Å². The lowest BCUT2D eigenvalue weighted by molar-refractivity contribution is 0.243. The first kappa shape index (κ1) is 14.5. The Bertz CT molecular complexity index is 516. The molecule has 6 nitrogen and oxygen atoms in total. The van der Waals surface area contributed by atoms with E-state index in [-0.39, 0.29) is 6.04 Å². The van der Waals surface area contributed by atoms with Crippen LogP contribution in [0.5, 0.6) is 0 Å². The third kappa shape index (κ3) is 2.68. The summed E-state index contributed by atoms with van der Waals surface area (Å²) in [4.78, 5) is 0.330. The van der Waals surface area contributed by atoms with Crippen molar-refractivity contribution in [3.05, 3.63) is 11.4 Å². The lowest BCUT2D eigenvalue weighted by atomic mass is 10.0. The molecular weight excluding hydrogens is 264 g/mol. The van der Waals surface area contributed by atoms with Gasteiger partial charge in [0.2, 0.25) is 10.0 Å². The summed E-state index contributed by atoms with van der Waals surface area (Å²) in [5.41, 5.74) is 6.75. The summed E-state index contributed by atoms with van der Waals surface area (Å²) < 4.78 is 27.2. The van der Waals surface area contributed by atoms with E-state index in [9.17, 15) is 8.42 Å². The highest BCUT2D eigenvalue weighted by Crippen LogP contribution is 2.29. The van der Waals surface area contributed by atoms with Crippen LogP contribution >= 0.6 is 0 Å². The average Bonchev–Trinajstić information content (AvgIpc) is 2.70. The number of hydrogen-bond donors (Lipinski definition) is 2. The van der Waals surface area contributed by atoms with Crippen LogP contribution < -0.4 is 5.73 Å². The number of nitrogens with one attached hydrogen (secondary N) is 1. The molecule has 1 unspecified atom stereocenters. The molecule has 1 saturated heterocycles. The van der Waals surface area contributed by atoms with Crippen molar-refractivity contribution in [3.63, 3.8) is 0 Å². The first-order chi connectivity index (χ1) is 8.98. The maximum atomic E-state index is 12.8. The highest BCUT2D eigenvalue weighted by atomic mass is 32.2. The Balaban J connectivity index is 2.37. The zero-order valence-electron chi connectivity index (χ0n) is 11.5. The highest BCUT2D eigenvalue weighted by Gasteiger charge is 2.35. The zero-order valence-corrected chi connectivity index (χ0v) is 12.3. The van der Waals surface area contributed by atoms with Crippen LogP contribution in [0.1, 0.15) is 37.1 Å². The van der Waals surface area contributed by atoms with Crippen LogP contribution in [0.3, 0.4) is 0 Å². The molecule has 0 aromatic carbocycles. The van der Waals surface area contributed by atoms with Crippen molar-refractivity contribution in [1.29, 1.82) is 0 Å². The van der Waals surface area contributed by atoms with E-state index in [1.54, 1.807) is 18.2 Å². The molecule has 0 aliphatic carbocycles. The largest absolute Gasteiger partial charge is 0.330 e. The average molecular weight is 286 g/mol. The van der Waals surface area contributed by atoms with Gasteiger partial charge in [-0.15, -0.1) is 0 Å². The van der Waals surface area contributed by atoms with E-state index >= 15 is 0 Å². The lowest BCUT2D eigenvalue weighted by Crippen LogP contribution is -2.44. The van der Waals surface area contributed by atoms with Crippen molar-refractivity contribution in [2.45, 2.75) is 50.5 Å². The molecule has 108 valence electrons. The van der Waals surface area contributed by atoms with Crippen LogP contribution in [-0.2, 0) is 10.0 Å². The molecule has 1 aromatic rings. The molecule has 1 fully saturated rings. The fourth-order valence-corrected chi connectivity index (χ4v) is 4.87. The SMILES string of the molecule is Cc1n[nH]c(C)c1S(=O)(=O)N1CCCCC1CCN. The van der Waals surface area contributed by atoms with Gasteiger partial charge < -0.3 is 5.73 Å². The second-order valence-corrected chi connectivity index (χ2v) is 6.93. The summed E-state index contributed by atoms with van der Waals surface area (Å²) in [6.07, 6.45) is 3.60. The Morgan fingerprint density at radius 1 is 1.42 bits per heavy atom. The van der Waals surface area contributed by atoms with Gasteiger partial charge in [-0.3, -0.25) is 5.10 Å². The molecule has 1 aromatic heterocycles. The number of piperidine rings is 1. The molecule has 0 amide bonds. The van der Waals surface area contributed by atoms with Gasteiger partial charge in [0.1, 0.15) is 4.90 Å². The number of H-pyrrole nitrogens is 1. The smallest absolute Gasteiger partial charge is 0.246 e. The molecule has 3 N–H and O–H groups in total. The lowest BCUT2D eigenvalue weighted by Gasteiger charge is -2.34. The van der Waals surface area contributed by atoms with E-state index in [0.29, 0.717) is 29.4 Å². The quantitative estimate of drug-likeness (QED) is 0.861. The summed E-state index contributed by atoms with van der Waals surface area (Å²) in [6, 6.07) is 0.0254. The maximum absolute atomic E-state index is 12.8. The minimum absolute atomic E-state index is 0.0254. The molecule has 7 heteroatoms. The number of sulfonamides is 1. The molecule has 1 atom stereocenters. The predicted molar refractivity (Wildman–Crippen MR) is 73.3 cm³/mol. The van der Waals surface area contributed by atoms with Crippen molar-refractivity contribution in [2.75, 3.05) is 13.1 Å². The molecule has 0 radical (unpaired) electrons. The molecular formula is C12H22N4O2S. The van der Waals surface area contributed by atoms with Crippen molar-refractivity contribution in [3.8, 4) is 0 Å². The fourth-order valence-electron chi connectivity index (χ4n) is 2.81. The molecule has 1 aliphatic heterocycles. The van der Waals surface area contributed by atoms with E-state index in [0.717, 1.165) is 25.7 Å². The maximum Gasteiger partial charge on any atom is 0.246 e. The first-order valence-electron chi connectivity index (χ1n) is 6.72. The fraction of sp³-hybridized carbons (Fsp3) is 0.750. The topological polar surface area (TPSA) is 92.1 Å². The van der Waals surface area contributed by atoms with Gasteiger partial charge in [-0.05, 0) is 39.7 Å². The van der Waals surface area contributed by atoms with Crippen molar-refractivity contribution in [2.24, 2.45) is 5.73 Å². The number of nitrogens with two attached hydrogens (primary N) is 1. The van der Waals surface area contributed by atoms with E-state index < -0.39 is 10.0 Å². The van der Waals surface area contributed by atoms with E-state index in [2.05, 4.69) is 10.2 Å². The molecule has 0 saturated carbocycles. The monoisotopic (exact) mass is 286 g/mol. The second-order valence-electron chi connectivity index (χ2n) is 5.11. The van der Waals surface area contributed by atoms with Gasteiger partial charge in [-0.2, -0.15) is 9.40 Å². The Labute approximate surface area is 114 Å². The van der Waals surface area contributed by atoms with Crippen LogP contribution in [0.25, 0.3) is 0 Å². The summed E-state index contributed by atoms with van der Waals surface area (Å²) in [5, 5.41) is 6.74. The molecule has 19 heavy (non-hydrogen) atoms. The molecule has 1 aliphatic rings. The molecule has 0 spiro atoms. The van der Waals surface area contributed by atoms with Crippen molar-refractivity contribution < 1.29 is 8.42 Å². The third-order valence-corrected chi connectivity index (χ3v) is 5.92. The summed E-state index contributed by atoms with van der Waals surface area (Å²) in [7, 11) is -3.47. The molecule has 2 heterocycles. The molecule has 0 bridgehead atoms. The summed E-state index contributed by atoms with van der Waals surface area (Å²) in [6.45, 7) is 4.56. The predicted octanol–water partition coefficient (Wildman–Crippen LogP) is 0.919. The Morgan fingerprint density at radius 3 is 2.74 bits per heavy atom. The van der Waals surface area contributed by atoms with Crippen LogP contribution in [0, 0.1) is 13.8 Å². The van der Waals surface area contributed by atoms with Crippen LogP contribution in [-0.4, -0.2) is 42.1 Å². The number of aromatic amines is 1. The van der Waals surface area contributed by atoms with Gasteiger partial charge >= 0.3 is 0 Å². The van der Waals surface area contributed by atoms with Gasteiger partial charge in [0.05, 0.1) is 11.4 Å². The zero-order chi connectivity index (χ0) is 14.0. The summed E-state index contributed by atoms with van der Waals surface area (Å²) in [5.74, 6) is 0. The third-order valence-electron chi connectivity index (χ3n) is 3.70. The Kier molecular flexibility index (Phi) is 4.27. The Morgan fingerprint density at radius 2 is 2.16 bits per heavy atom. The molecule has 2 rings (SSSR count).